The highest BCUT2D eigenvalue weighted by atomic mass is 16.5. The van der Waals surface area contributed by atoms with Crippen LogP contribution in [0.5, 0.6) is 0 Å². The monoisotopic (exact) mass is 396 g/mol. The number of nitrogen functional groups attached to an aromatic ring is 1. The van der Waals surface area contributed by atoms with Crippen LogP contribution in [0.4, 0.5) is 17.6 Å². The predicted molar refractivity (Wildman–Crippen MR) is 109 cm³/mol. The molecule has 2 aromatic heterocycles. The van der Waals surface area contributed by atoms with Crippen LogP contribution in [-0.2, 0) is 11.3 Å². The fraction of sp³-hybridized carbons (Fsp3) is 0.300. The van der Waals surface area contributed by atoms with Crippen molar-refractivity contribution in [2.45, 2.75) is 40.4 Å². The van der Waals surface area contributed by atoms with E-state index in [1.807, 2.05) is 31.2 Å². The summed E-state index contributed by atoms with van der Waals surface area (Å²) in [6.45, 7) is 6.98. The number of esters is 1. The zero-order valence-electron chi connectivity index (χ0n) is 16.8. The summed E-state index contributed by atoms with van der Waals surface area (Å²) >= 11 is 0. The molecular formula is C20H24N6O3. The second-order valence-electron chi connectivity index (χ2n) is 6.79. The van der Waals surface area contributed by atoms with Crippen molar-refractivity contribution in [3.05, 3.63) is 58.2 Å². The maximum absolute atomic E-state index is 12.5. The van der Waals surface area contributed by atoms with Gasteiger partial charge in [-0.25, -0.2) is 4.79 Å². The molecule has 3 rings (SSSR count). The number of hydrogen-bond acceptors (Lipinski definition) is 8. The third-order valence-corrected chi connectivity index (χ3v) is 4.54. The van der Waals surface area contributed by atoms with Crippen molar-refractivity contribution in [1.82, 2.24) is 19.9 Å². The Hall–Kier alpha value is -3.46. The number of nitrogens with one attached hydrogen (secondary N) is 2. The maximum atomic E-state index is 12.5. The largest absolute Gasteiger partial charge is 0.453 e. The number of carbonyl (C=O) groups is 1. The Bertz CT molecular complexity index is 1040. The number of benzene rings is 1. The fourth-order valence-corrected chi connectivity index (χ4v) is 3.19. The highest BCUT2D eigenvalue weighted by Crippen LogP contribution is 2.25. The Balaban J connectivity index is 1.74. The number of nitrogens with two attached hydrogens (primary N) is 1. The first-order chi connectivity index (χ1) is 13.8. The molecule has 0 fully saturated rings. The van der Waals surface area contributed by atoms with Gasteiger partial charge in [-0.05, 0) is 44.9 Å². The molecule has 0 saturated heterocycles. The maximum Gasteiger partial charge on any atom is 0.355 e. The van der Waals surface area contributed by atoms with Crippen LogP contribution in [0.2, 0.25) is 0 Å². The average molecular weight is 396 g/mol. The lowest BCUT2D eigenvalue weighted by Gasteiger charge is -2.10. The number of anilines is 3. The zero-order chi connectivity index (χ0) is 21.1. The number of aliphatic hydroxyl groups is 1. The van der Waals surface area contributed by atoms with Crippen LogP contribution in [0.25, 0.3) is 0 Å². The molecule has 3 aromatic rings. The third-order valence-electron chi connectivity index (χ3n) is 4.54. The number of H-pyrrole nitrogens is 1. The number of aromatic nitrogens is 4. The second-order valence-corrected chi connectivity index (χ2v) is 6.79. The molecule has 0 aliphatic heterocycles. The molecule has 0 bridgehead atoms. The topological polar surface area (TPSA) is 139 Å². The SMILES string of the molecule is Cc1ccccc1Nc1nc(N)nc(COC(=O)c2[nH]c(C)c([C@H](C)O)c2C)n1. The summed E-state index contributed by atoms with van der Waals surface area (Å²) in [6.07, 6.45) is -0.689. The van der Waals surface area contributed by atoms with Gasteiger partial charge in [-0.3, -0.25) is 0 Å². The average Bonchev–Trinajstić information content (AvgIpc) is 2.95. The Morgan fingerprint density at radius 2 is 1.97 bits per heavy atom. The molecule has 0 spiro atoms. The Morgan fingerprint density at radius 3 is 2.62 bits per heavy atom. The summed E-state index contributed by atoms with van der Waals surface area (Å²) in [5.74, 6) is -0.0601. The molecule has 29 heavy (non-hydrogen) atoms. The van der Waals surface area contributed by atoms with Crippen molar-refractivity contribution in [1.29, 1.82) is 0 Å². The van der Waals surface area contributed by atoms with Gasteiger partial charge < -0.3 is 25.9 Å². The predicted octanol–water partition coefficient (Wildman–Crippen LogP) is 2.86. The summed E-state index contributed by atoms with van der Waals surface area (Å²) in [6, 6.07) is 7.67. The van der Waals surface area contributed by atoms with E-state index in [1.165, 1.54) is 0 Å². The van der Waals surface area contributed by atoms with Gasteiger partial charge in [0.1, 0.15) is 5.69 Å². The van der Waals surface area contributed by atoms with Crippen LogP contribution in [0, 0.1) is 20.8 Å². The summed E-state index contributed by atoms with van der Waals surface area (Å²) < 4.78 is 5.34. The van der Waals surface area contributed by atoms with E-state index in [-0.39, 0.29) is 24.3 Å². The minimum atomic E-state index is -0.689. The van der Waals surface area contributed by atoms with Crippen LogP contribution in [0.15, 0.2) is 24.3 Å². The molecular weight excluding hydrogens is 372 g/mol. The number of aryl methyl sites for hydroxylation is 2. The molecule has 152 valence electrons. The standard InChI is InChI=1S/C20H24N6O3/c1-10-7-5-6-8-14(10)23-20-25-15(24-19(21)26-20)9-29-18(28)17-11(2)16(13(4)27)12(3)22-17/h5-8,13,22,27H,9H2,1-4H3,(H3,21,23,24,25,26)/t13-/m0/s1. The Labute approximate surface area is 168 Å². The Kier molecular flexibility index (Phi) is 5.79. The van der Waals surface area contributed by atoms with Gasteiger partial charge in [-0.2, -0.15) is 15.0 Å². The normalized spacial score (nSPS) is 11.9. The first-order valence-corrected chi connectivity index (χ1v) is 9.13. The number of carbonyl (C=O) groups excluding carboxylic acids is 1. The van der Waals surface area contributed by atoms with E-state index in [0.29, 0.717) is 16.8 Å². The molecule has 9 nitrogen and oxygen atoms in total. The first kappa shape index (κ1) is 20.3. The van der Waals surface area contributed by atoms with Crippen molar-refractivity contribution < 1.29 is 14.6 Å². The van der Waals surface area contributed by atoms with E-state index in [9.17, 15) is 9.90 Å². The molecule has 0 radical (unpaired) electrons. The van der Waals surface area contributed by atoms with Crippen LogP contribution < -0.4 is 11.1 Å². The highest BCUT2D eigenvalue weighted by Gasteiger charge is 2.21. The van der Waals surface area contributed by atoms with Crippen LogP contribution in [0.1, 0.15) is 51.7 Å². The molecule has 0 amide bonds. The van der Waals surface area contributed by atoms with Gasteiger partial charge in [0, 0.05) is 16.9 Å². The van der Waals surface area contributed by atoms with Gasteiger partial charge in [-0.15, -0.1) is 0 Å². The number of aromatic amines is 1. The number of nitrogens with zero attached hydrogens (tertiary/aromatic N) is 3. The van der Waals surface area contributed by atoms with Crippen LogP contribution in [0.3, 0.4) is 0 Å². The van der Waals surface area contributed by atoms with Crippen molar-refractivity contribution in [2.24, 2.45) is 0 Å². The molecule has 9 heteroatoms. The first-order valence-electron chi connectivity index (χ1n) is 9.13. The lowest BCUT2D eigenvalue weighted by atomic mass is 10.1. The molecule has 1 atom stereocenters. The highest BCUT2D eigenvalue weighted by molar-refractivity contribution is 5.89. The number of hydrogen-bond donors (Lipinski definition) is 4. The van der Waals surface area contributed by atoms with E-state index in [1.54, 1.807) is 20.8 Å². The molecule has 0 aliphatic rings. The lowest BCUT2D eigenvalue weighted by molar-refractivity contribution is 0.0455. The van der Waals surface area contributed by atoms with Crippen LogP contribution in [-0.4, -0.2) is 31.0 Å². The van der Waals surface area contributed by atoms with Gasteiger partial charge in [0.15, 0.2) is 12.4 Å². The number of ether oxygens (including phenoxy) is 1. The van der Waals surface area contributed by atoms with Gasteiger partial charge in [0.05, 0.1) is 6.10 Å². The van der Waals surface area contributed by atoms with Crippen molar-refractivity contribution >= 4 is 23.6 Å². The molecule has 0 aliphatic carbocycles. The van der Waals surface area contributed by atoms with E-state index in [4.69, 9.17) is 10.5 Å². The van der Waals surface area contributed by atoms with E-state index < -0.39 is 12.1 Å². The molecule has 5 N–H and O–H groups in total. The molecule has 0 unspecified atom stereocenters. The number of para-hydroxylation sites is 1. The fourth-order valence-electron chi connectivity index (χ4n) is 3.19. The zero-order valence-corrected chi connectivity index (χ0v) is 16.8. The van der Waals surface area contributed by atoms with E-state index in [2.05, 4.69) is 25.3 Å². The quantitative estimate of drug-likeness (QED) is 0.466. The van der Waals surface area contributed by atoms with E-state index >= 15 is 0 Å². The third kappa shape index (κ3) is 4.52. The second kappa shape index (κ2) is 8.27. The molecule has 2 heterocycles. The minimum absolute atomic E-state index is 0.0189. The Morgan fingerprint density at radius 1 is 1.24 bits per heavy atom. The summed E-state index contributed by atoms with van der Waals surface area (Å²) in [5.41, 5.74) is 9.98. The molecule has 1 aromatic carbocycles. The number of aliphatic hydroxyl groups excluding tert-OH is 1. The summed E-state index contributed by atoms with van der Waals surface area (Å²) in [7, 11) is 0. The van der Waals surface area contributed by atoms with Gasteiger partial charge in [-0.1, -0.05) is 18.2 Å². The molecule has 0 saturated carbocycles. The summed E-state index contributed by atoms with van der Waals surface area (Å²) in [4.78, 5) is 27.8. The van der Waals surface area contributed by atoms with E-state index in [0.717, 1.165) is 16.9 Å². The van der Waals surface area contributed by atoms with Crippen molar-refractivity contribution in [3.63, 3.8) is 0 Å². The van der Waals surface area contributed by atoms with Gasteiger partial charge in [0.25, 0.3) is 0 Å². The lowest BCUT2D eigenvalue weighted by Crippen LogP contribution is -2.12. The van der Waals surface area contributed by atoms with Crippen molar-refractivity contribution in [2.75, 3.05) is 11.1 Å². The smallest absolute Gasteiger partial charge is 0.355 e. The van der Waals surface area contributed by atoms with Crippen LogP contribution >= 0.6 is 0 Å². The van der Waals surface area contributed by atoms with Crippen molar-refractivity contribution in [3.8, 4) is 0 Å². The van der Waals surface area contributed by atoms with Gasteiger partial charge >= 0.3 is 5.97 Å². The number of rotatable bonds is 6. The summed E-state index contributed by atoms with van der Waals surface area (Å²) in [5, 5.41) is 13.0. The minimum Gasteiger partial charge on any atom is -0.453 e. The van der Waals surface area contributed by atoms with Gasteiger partial charge in [0.2, 0.25) is 11.9 Å².